The maximum Gasteiger partial charge on any atom is 0.0541 e. The molecule has 0 saturated heterocycles. The lowest BCUT2D eigenvalue weighted by molar-refractivity contribution is 1.18. The van der Waals surface area contributed by atoms with Crippen molar-refractivity contribution >= 4 is 185 Å². The molecule has 6 heteroatoms. The molecule has 0 N–H and O–H groups in total. The normalized spacial score (nSPS) is 11.9. The second-order valence-electron chi connectivity index (χ2n) is 35.4. The van der Waals surface area contributed by atoms with Crippen LogP contribution < -0.4 is 0 Å². The third-order valence-electron chi connectivity index (χ3n) is 28.0. The Morgan fingerprint density at radius 1 is 0.0970 bits per heavy atom. The van der Waals surface area contributed by atoms with E-state index in [-0.39, 0.29) is 0 Å². The Labute approximate surface area is 771 Å². The van der Waals surface area contributed by atoms with E-state index < -0.39 is 0 Å². The van der Waals surface area contributed by atoms with Crippen LogP contribution in [0.15, 0.2) is 497 Å². The summed E-state index contributed by atoms with van der Waals surface area (Å²) in [5.41, 5.74) is 29.1. The van der Waals surface area contributed by atoms with E-state index in [2.05, 4.69) is 525 Å². The van der Waals surface area contributed by atoms with Gasteiger partial charge in [-0.1, -0.05) is 328 Å². The van der Waals surface area contributed by atoms with Crippen molar-refractivity contribution in [3.63, 3.8) is 0 Å². The van der Waals surface area contributed by atoms with E-state index in [1.165, 1.54) is 252 Å². The smallest absolute Gasteiger partial charge is 0.0541 e. The Morgan fingerprint density at radius 2 is 0.299 bits per heavy atom. The van der Waals surface area contributed by atoms with E-state index in [0.717, 1.165) is 0 Å². The van der Waals surface area contributed by atoms with Crippen LogP contribution in [0, 0.1) is 0 Å². The van der Waals surface area contributed by atoms with Crippen molar-refractivity contribution in [2.24, 2.45) is 0 Å². The molecule has 0 radical (unpaired) electrons. The Bertz CT molecular complexity index is 9660. The fourth-order valence-electron chi connectivity index (χ4n) is 21.9. The molecular weight excluding hydrogens is 1620 g/mol. The zero-order valence-corrected chi connectivity index (χ0v) is 73.0. The average molecular weight is 1700 g/mol. The van der Waals surface area contributed by atoms with Gasteiger partial charge in [0.1, 0.15) is 0 Å². The molecular formula is C128H82N6. The molecule has 23 aromatic carbocycles. The molecule has 6 heterocycles. The number of benzene rings is 23. The van der Waals surface area contributed by atoms with E-state index in [9.17, 15) is 0 Å². The van der Waals surface area contributed by atoms with E-state index in [1.54, 1.807) is 0 Å². The van der Waals surface area contributed by atoms with E-state index in [0.29, 0.717) is 0 Å². The first-order valence-corrected chi connectivity index (χ1v) is 46.2. The molecule has 0 spiro atoms. The molecule has 0 bridgehead atoms. The summed E-state index contributed by atoms with van der Waals surface area (Å²) >= 11 is 0. The zero-order chi connectivity index (χ0) is 88.0. The third-order valence-corrected chi connectivity index (χ3v) is 28.0. The van der Waals surface area contributed by atoms with Gasteiger partial charge in [-0.2, -0.15) is 0 Å². The monoisotopic (exact) mass is 1700 g/mol. The Balaban J connectivity index is 0.000000102. The van der Waals surface area contributed by atoms with Gasteiger partial charge in [-0.3, -0.25) is 0 Å². The van der Waals surface area contributed by atoms with Gasteiger partial charge in [-0.25, -0.2) is 0 Å². The van der Waals surface area contributed by atoms with Gasteiger partial charge < -0.3 is 27.4 Å². The molecule has 0 fully saturated rings. The van der Waals surface area contributed by atoms with Gasteiger partial charge in [0.2, 0.25) is 0 Å². The highest BCUT2D eigenvalue weighted by Gasteiger charge is 2.23. The summed E-state index contributed by atoms with van der Waals surface area (Å²) in [4.78, 5) is 0. The van der Waals surface area contributed by atoms with Gasteiger partial charge in [0, 0.05) is 98.2 Å². The van der Waals surface area contributed by atoms with Crippen LogP contribution in [0.1, 0.15) is 0 Å². The predicted molar refractivity (Wildman–Crippen MR) is 569 cm³/mol. The minimum absolute atomic E-state index is 1.18. The van der Waals surface area contributed by atoms with Crippen LogP contribution in [0.4, 0.5) is 0 Å². The Hall–Kier alpha value is -17.8. The molecule has 29 aromatic rings. The molecule has 6 aromatic heterocycles. The van der Waals surface area contributed by atoms with Crippen LogP contribution in [-0.4, -0.2) is 27.4 Å². The van der Waals surface area contributed by atoms with Gasteiger partial charge in [-0.15, -0.1) is 0 Å². The summed E-state index contributed by atoms with van der Waals surface area (Å²) in [6, 6.07) is 181. The van der Waals surface area contributed by atoms with Crippen LogP contribution in [0.5, 0.6) is 0 Å². The highest BCUT2D eigenvalue weighted by molar-refractivity contribution is 6.18. The highest BCUT2D eigenvalue weighted by atomic mass is 15.0. The Morgan fingerprint density at radius 3 is 0.582 bits per heavy atom. The summed E-state index contributed by atoms with van der Waals surface area (Å²) in [7, 11) is 0. The topological polar surface area (TPSA) is 29.6 Å². The van der Waals surface area contributed by atoms with Crippen LogP contribution in [0.3, 0.4) is 0 Å². The van der Waals surface area contributed by atoms with Crippen LogP contribution >= 0.6 is 0 Å². The van der Waals surface area contributed by atoms with E-state index in [4.69, 9.17) is 0 Å². The molecule has 0 aliphatic heterocycles. The standard InChI is InChI=1S/2C44H28N2.C40H26N2/c1-3-11-31-25-35(21-17-29(31)9-1)45-41-15-7-5-13-37(41)39-27-33(19-23-43(39)45)34-20-24-44-40(28-34)38-14-6-8-16-42(38)46(44)36-22-18-30-10-2-4-12-32(30)26-36;1-2-12-31-26-34(23-20-29(31)10-1)45-41-17-7-5-15-36(41)38-27-32(21-24-43(38)45)33-22-25-44-39(28-33)37-16-6-8-18-42(37)46(44)40-19-9-13-30-11-3-4-14-35(30)40;1-2-13-30(14-3-1)41-37-18-8-6-16-32(37)34-25-28(21-23-39(34)41)29-22-24-40-35(26-29)33-17-7-9-19-38(33)42(40)36-20-10-12-27-11-4-5-15-31(27)36/h2*1-28H;1-26H. The SMILES string of the molecule is c1ccc(-n2c3ccccc3c3cc(-c4ccc5c(c4)c4ccccc4n5-c4cccc5ccccc45)ccc32)cc1.c1ccc2cc(-n3c4ccccc4c4cc(-c5ccc6c(c5)c5ccccc5n6-c5ccc6ccccc6c5)ccc43)ccc2c1.c1ccc2cc(-n3c4ccccc4c4cc(-c5ccc6c(c5)c5ccccc5n6-c5cccc6ccccc56)ccc43)ccc2c1. The first-order valence-electron chi connectivity index (χ1n) is 46.2. The van der Waals surface area contributed by atoms with Crippen molar-refractivity contribution in [3.8, 4) is 67.5 Å². The van der Waals surface area contributed by atoms with Crippen molar-refractivity contribution < 1.29 is 0 Å². The summed E-state index contributed by atoms with van der Waals surface area (Å²) in [5.74, 6) is 0. The van der Waals surface area contributed by atoms with Gasteiger partial charge >= 0.3 is 0 Å². The Kier molecular flexibility index (Phi) is 17.6. The number of fused-ring (bicyclic) bond motifs is 23. The summed E-state index contributed by atoms with van der Waals surface area (Å²) < 4.78 is 14.4. The van der Waals surface area contributed by atoms with Crippen molar-refractivity contribution in [3.05, 3.63) is 497 Å². The van der Waals surface area contributed by atoms with Crippen LogP contribution in [0.25, 0.3) is 252 Å². The maximum absolute atomic E-state index is 2.43. The number of hydrogen-bond acceptors (Lipinski definition) is 0. The largest absolute Gasteiger partial charge is 0.309 e. The quantitative estimate of drug-likeness (QED) is 0.138. The van der Waals surface area contributed by atoms with Gasteiger partial charge in [0.25, 0.3) is 0 Å². The minimum atomic E-state index is 1.18. The second kappa shape index (κ2) is 31.0. The zero-order valence-electron chi connectivity index (χ0n) is 73.0. The molecule has 0 aliphatic carbocycles. The molecule has 29 rings (SSSR count). The van der Waals surface area contributed by atoms with Crippen molar-refractivity contribution in [2.45, 2.75) is 0 Å². The van der Waals surface area contributed by atoms with Crippen molar-refractivity contribution in [1.29, 1.82) is 0 Å². The molecule has 134 heavy (non-hydrogen) atoms. The predicted octanol–water partition coefficient (Wildman–Crippen LogP) is 34.4. The van der Waals surface area contributed by atoms with Gasteiger partial charge in [-0.05, 0) is 246 Å². The lowest BCUT2D eigenvalue weighted by Gasteiger charge is -2.12. The fourth-order valence-corrected chi connectivity index (χ4v) is 21.9. The van der Waals surface area contributed by atoms with E-state index in [1.807, 2.05) is 0 Å². The lowest BCUT2D eigenvalue weighted by Crippen LogP contribution is -1.95. The van der Waals surface area contributed by atoms with Gasteiger partial charge in [0.05, 0.1) is 77.6 Å². The maximum atomic E-state index is 2.43. The number of para-hydroxylation sites is 7. The first kappa shape index (κ1) is 76.2. The first-order chi connectivity index (χ1) is 66.5. The molecule has 624 valence electrons. The molecule has 0 amide bonds. The third kappa shape index (κ3) is 12.3. The van der Waals surface area contributed by atoms with Crippen molar-refractivity contribution in [1.82, 2.24) is 27.4 Å². The average Bonchev–Trinajstić information content (AvgIpc) is 1.58. The van der Waals surface area contributed by atoms with E-state index >= 15 is 0 Å². The number of nitrogens with zero attached hydrogens (tertiary/aromatic N) is 6. The lowest BCUT2D eigenvalue weighted by atomic mass is 10.0. The molecule has 0 unspecified atom stereocenters. The second-order valence-corrected chi connectivity index (χ2v) is 35.4. The van der Waals surface area contributed by atoms with Crippen molar-refractivity contribution in [2.75, 3.05) is 0 Å². The molecule has 0 atom stereocenters. The van der Waals surface area contributed by atoms with Crippen LogP contribution in [0.2, 0.25) is 0 Å². The summed E-state index contributed by atoms with van der Waals surface area (Å²) in [5, 5.41) is 27.7. The highest BCUT2D eigenvalue weighted by Crippen LogP contribution is 2.46. The summed E-state index contributed by atoms with van der Waals surface area (Å²) in [6.45, 7) is 0. The molecule has 0 saturated carbocycles. The minimum Gasteiger partial charge on any atom is -0.309 e. The number of hydrogen-bond donors (Lipinski definition) is 0. The van der Waals surface area contributed by atoms with Gasteiger partial charge in [0.15, 0.2) is 0 Å². The van der Waals surface area contributed by atoms with Crippen LogP contribution in [-0.2, 0) is 0 Å². The number of aromatic nitrogens is 6. The number of rotatable bonds is 9. The molecule has 0 aliphatic rings. The fraction of sp³-hybridized carbons (Fsp3) is 0. The summed E-state index contributed by atoms with van der Waals surface area (Å²) in [6.07, 6.45) is 0. The molecule has 6 nitrogen and oxygen atoms in total.